The second kappa shape index (κ2) is 7.89. The molecule has 31 heavy (non-hydrogen) atoms. The lowest BCUT2D eigenvalue weighted by Gasteiger charge is -2.01. The van der Waals surface area contributed by atoms with E-state index in [0.717, 1.165) is 31.8 Å². The highest BCUT2D eigenvalue weighted by Gasteiger charge is 2.13. The van der Waals surface area contributed by atoms with E-state index in [2.05, 4.69) is 26.5 Å². The van der Waals surface area contributed by atoms with Crippen molar-refractivity contribution in [2.24, 2.45) is 5.10 Å². The van der Waals surface area contributed by atoms with Crippen LogP contribution in [0.3, 0.4) is 0 Å². The molecule has 0 saturated heterocycles. The lowest BCUT2D eigenvalue weighted by molar-refractivity contribution is 0.0929. The highest BCUT2D eigenvalue weighted by Crippen LogP contribution is 2.30. The van der Waals surface area contributed by atoms with Crippen molar-refractivity contribution in [1.29, 1.82) is 0 Å². The Morgan fingerprint density at radius 3 is 2.71 bits per heavy atom. The molecular formula is C25H17BrN2O3. The molecule has 2 aromatic heterocycles. The van der Waals surface area contributed by atoms with E-state index in [0.29, 0.717) is 17.1 Å². The number of carbonyl (C=O) groups is 1. The van der Waals surface area contributed by atoms with Crippen LogP contribution in [0.2, 0.25) is 0 Å². The van der Waals surface area contributed by atoms with Crippen molar-refractivity contribution in [1.82, 2.24) is 5.43 Å². The van der Waals surface area contributed by atoms with Crippen LogP contribution in [0.25, 0.3) is 33.1 Å². The average molecular weight is 473 g/mol. The van der Waals surface area contributed by atoms with E-state index in [4.69, 9.17) is 8.83 Å². The van der Waals surface area contributed by atoms with Crippen molar-refractivity contribution in [2.75, 3.05) is 0 Å². The number of hydrogen-bond donors (Lipinski definition) is 1. The third-order valence-electron chi connectivity index (χ3n) is 5.02. The average Bonchev–Trinajstić information content (AvgIpc) is 3.41. The molecule has 5 rings (SSSR count). The first-order valence-electron chi connectivity index (χ1n) is 9.69. The summed E-state index contributed by atoms with van der Waals surface area (Å²) >= 11 is 3.56. The lowest BCUT2D eigenvalue weighted by Crippen LogP contribution is -2.16. The third kappa shape index (κ3) is 3.78. The van der Waals surface area contributed by atoms with Gasteiger partial charge in [0.25, 0.3) is 0 Å². The molecule has 0 unspecified atom stereocenters. The third-order valence-corrected chi connectivity index (χ3v) is 5.68. The number of aryl methyl sites for hydroxylation is 1. The number of furan rings is 2. The van der Waals surface area contributed by atoms with Gasteiger partial charge in [-0.25, -0.2) is 5.43 Å². The molecule has 2 heterocycles. The minimum absolute atomic E-state index is 0.201. The molecule has 0 spiro atoms. The van der Waals surface area contributed by atoms with Crippen molar-refractivity contribution in [2.45, 2.75) is 6.92 Å². The molecule has 0 aliphatic carbocycles. The van der Waals surface area contributed by atoms with Gasteiger partial charge in [-0.3, -0.25) is 4.79 Å². The van der Waals surface area contributed by atoms with Gasteiger partial charge in [0.05, 0.1) is 6.21 Å². The zero-order chi connectivity index (χ0) is 21.4. The maximum atomic E-state index is 12.5. The van der Waals surface area contributed by atoms with Gasteiger partial charge in [-0.1, -0.05) is 52.3 Å². The summed E-state index contributed by atoms with van der Waals surface area (Å²) in [5, 5.41) is 7.03. The van der Waals surface area contributed by atoms with Gasteiger partial charge in [-0.15, -0.1) is 0 Å². The Balaban J connectivity index is 1.33. The predicted molar refractivity (Wildman–Crippen MR) is 125 cm³/mol. The molecule has 1 amide bonds. The smallest absolute Gasteiger partial charge is 0.307 e. The first-order valence-corrected chi connectivity index (χ1v) is 10.5. The number of halogens is 1. The fraction of sp³-hybridized carbons (Fsp3) is 0.0400. The van der Waals surface area contributed by atoms with Crippen LogP contribution >= 0.6 is 15.9 Å². The number of nitrogens with one attached hydrogen (secondary N) is 1. The summed E-state index contributed by atoms with van der Waals surface area (Å²) in [5.74, 6) is 1.01. The molecule has 5 nitrogen and oxygen atoms in total. The summed E-state index contributed by atoms with van der Waals surface area (Å²) in [6.07, 6.45) is 1.46. The molecule has 1 N–H and O–H groups in total. The monoisotopic (exact) mass is 472 g/mol. The van der Waals surface area contributed by atoms with Crippen LogP contribution in [-0.4, -0.2) is 12.1 Å². The Kier molecular flexibility index (Phi) is 4.92. The zero-order valence-corrected chi connectivity index (χ0v) is 18.1. The highest BCUT2D eigenvalue weighted by molar-refractivity contribution is 9.10. The Morgan fingerprint density at radius 2 is 1.84 bits per heavy atom. The normalized spacial score (nSPS) is 11.5. The van der Waals surface area contributed by atoms with Crippen molar-refractivity contribution in [3.05, 3.63) is 94.4 Å². The minimum atomic E-state index is -0.426. The second-order valence-corrected chi connectivity index (χ2v) is 8.05. The summed E-state index contributed by atoms with van der Waals surface area (Å²) in [7, 11) is 0. The molecule has 152 valence electrons. The second-order valence-electron chi connectivity index (χ2n) is 7.19. The molecule has 5 aromatic rings. The van der Waals surface area contributed by atoms with Crippen LogP contribution < -0.4 is 5.43 Å². The molecule has 6 heteroatoms. The molecule has 0 atom stereocenters. The number of rotatable bonds is 4. The molecular weight excluding hydrogens is 456 g/mol. The molecule has 0 saturated carbocycles. The van der Waals surface area contributed by atoms with Crippen molar-refractivity contribution < 1.29 is 13.6 Å². The lowest BCUT2D eigenvalue weighted by atomic mass is 10.1. The van der Waals surface area contributed by atoms with E-state index in [9.17, 15) is 4.79 Å². The zero-order valence-electron chi connectivity index (χ0n) is 16.6. The molecule has 0 aliphatic rings. The molecule has 0 radical (unpaired) electrons. The van der Waals surface area contributed by atoms with Crippen LogP contribution in [0.5, 0.6) is 0 Å². The predicted octanol–water partition coefficient (Wildman–Crippen LogP) is 6.68. The number of nitrogens with zero attached hydrogens (tertiary/aromatic N) is 1. The van der Waals surface area contributed by atoms with E-state index in [1.807, 2.05) is 67.6 Å². The summed E-state index contributed by atoms with van der Waals surface area (Å²) < 4.78 is 12.5. The van der Waals surface area contributed by atoms with Crippen LogP contribution in [-0.2, 0) is 0 Å². The quantitative estimate of drug-likeness (QED) is 0.234. The van der Waals surface area contributed by atoms with Crippen LogP contribution in [0.15, 0.2) is 91.2 Å². The van der Waals surface area contributed by atoms with E-state index >= 15 is 0 Å². The Hall–Kier alpha value is -3.64. The molecule has 3 aromatic carbocycles. The van der Waals surface area contributed by atoms with Gasteiger partial charge in [0.2, 0.25) is 0 Å². The van der Waals surface area contributed by atoms with Gasteiger partial charge in [0, 0.05) is 15.4 Å². The minimum Gasteiger partial charge on any atom is -0.455 e. The summed E-state index contributed by atoms with van der Waals surface area (Å²) in [5.41, 5.74) is 5.26. The Labute approximate surface area is 186 Å². The van der Waals surface area contributed by atoms with E-state index < -0.39 is 5.91 Å². The van der Waals surface area contributed by atoms with Crippen LogP contribution in [0.1, 0.15) is 21.9 Å². The Morgan fingerprint density at radius 1 is 0.968 bits per heavy atom. The largest absolute Gasteiger partial charge is 0.455 e. The summed E-state index contributed by atoms with van der Waals surface area (Å²) in [6.45, 7) is 2.03. The maximum absolute atomic E-state index is 12.5. The van der Waals surface area contributed by atoms with E-state index in [1.165, 1.54) is 6.21 Å². The van der Waals surface area contributed by atoms with Gasteiger partial charge in [0.1, 0.15) is 17.1 Å². The van der Waals surface area contributed by atoms with Gasteiger partial charge in [-0.2, -0.15) is 5.10 Å². The topological polar surface area (TPSA) is 67.7 Å². The van der Waals surface area contributed by atoms with E-state index in [1.54, 1.807) is 12.1 Å². The highest BCUT2D eigenvalue weighted by atomic mass is 79.9. The Bertz CT molecular complexity index is 1460. The number of fused-ring (bicyclic) bond motifs is 3. The van der Waals surface area contributed by atoms with Crippen molar-refractivity contribution >= 4 is 49.8 Å². The number of hydrazone groups is 1. The first-order chi connectivity index (χ1) is 15.1. The number of carbonyl (C=O) groups excluding carboxylic acids is 1. The molecule has 0 bridgehead atoms. The van der Waals surface area contributed by atoms with Gasteiger partial charge in [-0.05, 0) is 59.7 Å². The molecule has 0 fully saturated rings. The summed E-state index contributed by atoms with van der Waals surface area (Å²) in [4.78, 5) is 12.5. The maximum Gasteiger partial charge on any atom is 0.307 e. The number of amides is 1. The van der Waals surface area contributed by atoms with Gasteiger partial charge < -0.3 is 8.83 Å². The fourth-order valence-corrected chi connectivity index (χ4v) is 4.19. The molecule has 0 aliphatic heterocycles. The SMILES string of the molecule is Cc1ccc(-c2ccc(C=NNC(=O)c3cc4c(ccc5ccccc54)o3)o2)c(Br)c1. The standard InChI is InChI=1S/C25H17BrN2O3/c1-15-6-9-19(21(26)12-15)22-11-8-17(30-22)14-27-28-25(29)24-13-20-18-5-3-2-4-16(18)7-10-23(20)31-24/h2-14H,1H3,(H,28,29). The van der Waals surface area contributed by atoms with Crippen molar-refractivity contribution in [3.8, 4) is 11.3 Å². The van der Waals surface area contributed by atoms with Crippen LogP contribution in [0.4, 0.5) is 0 Å². The van der Waals surface area contributed by atoms with Gasteiger partial charge >= 0.3 is 5.91 Å². The van der Waals surface area contributed by atoms with Gasteiger partial charge in [0.15, 0.2) is 5.76 Å². The van der Waals surface area contributed by atoms with Crippen LogP contribution in [0, 0.1) is 6.92 Å². The number of hydrogen-bond acceptors (Lipinski definition) is 4. The summed E-state index contributed by atoms with van der Waals surface area (Å²) in [6, 6.07) is 23.3. The number of benzene rings is 3. The van der Waals surface area contributed by atoms with Crippen molar-refractivity contribution in [3.63, 3.8) is 0 Å². The fourth-order valence-electron chi connectivity index (χ4n) is 3.50. The van der Waals surface area contributed by atoms with E-state index in [-0.39, 0.29) is 5.76 Å². The first kappa shape index (κ1) is 19.3.